The number of ether oxygens (including phenoxy) is 1. The Morgan fingerprint density at radius 2 is 2.03 bits per heavy atom. The number of aromatic nitrogens is 2. The third kappa shape index (κ3) is 5.91. The van der Waals surface area contributed by atoms with Crippen molar-refractivity contribution in [3.8, 4) is 0 Å². The number of allylic oxidation sites excluding steroid dienone is 3. The van der Waals surface area contributed by atoms with E-state index in [1.165, 1.54) is 0 Å². The zero-order valence-corrected chi connectivity index (χ0v) is 19.3. The molecule has 2 heterocycles. The fourth-order valence-corrected chi connectivity index (χ4v) is 4.04. The highest BCUT2D eigenvalue weighted by molar-refractivity contribution is 6.00. The van der Waals surface area contributed by atoms with Gasteiger partial charge in [-0.2, -0.15) is 0 Å². The van der Waals surface area contributed by atoms with Crippen molar-refractivity contribution in [2.24, 2.45) is 4.99 Å². The Bertz CT molecular complexity index is 1000. The van der Waals surface area contributed by atoms with Gasteiger partial charge in [0, 0.05) is 24.1 Å². The Morgan fingerprint density at radius 1 is 1.32 bits per heavy atom. The van der Waals surface area contributed by atoms with Gasteiger partial charge in [0.05, 0.1) is 23.0 Å². The first-order valence-corrected chi connectivity index (χ1v) is 10.9. The normalized spacial score (nSPS) is 20.4. The lowest BCUT2D eigenvalue weighted by atomic mass is 9.92. The summed E-state index contributed by atoms with van der Waals surface area (Å²) in [6, 6.07) is 4.04. The van der Waals surface area contributed by atoms with Crippen molar-refractivity contribution in [2.75, 3.05) is 0 Å². The maximum atomic E-state index is 13.1. The molecule has 1 aliphatic rings. The van der Waals surface area contributed by atoms with Gasteiger partial charge in [0.1, 0.15) is 5.65 Å². The molecular weight excluding hydrogens is 388 g/mol. The molecule has 166 valence electrons. The second-order valence-electron chi connectivity index (χ2n) is 9.26. The van der Waals surface area contributed by atoms with E-state index in [4.69, 9.17) is 9.72 Å². The topological polar surface area (TPSA) is 68.0 Å². The van der Waals surface area contributed by atoms with Gasteiger partial charge in [0.25, 0.3) is 5.91 Å². The van der Waals surface area contributed by atoms with Gasteiger partial charge in [-0.05, 0) is 90.8 Å². The van der Waals surface area contributed by atoms with Gasteiger partial charge in [-0.3, -0.25) is 9.79 Å². The van der Waals surface area contributed by atoms with Gasteiger partial charge in [0.2, 0.25) is 0 Å². The molecule has 0 aromatic carbocycles. The average molecular weight is 423 g/mol. The Morgan fingerprint density at radius 3 is 2.68 bits per heavy atom. The molecule has 1 N–H and O–H groups in total. The molecule has 0 saturated heterocycles. The van der Waals surface area contributed by atoms with E-state index in [-0.39, 0.29) is 23.7 Å². The summed E-state index contributed by atoms with van der Waals surface area (Å²) >= 11 is 0. The highest BCUT2D eigenvalue weighted by atomic mass is 16.5. The van der Waals surface area contributed by atoms with Crippen LogP contribution in [0, 0.1) is 6.92 Å². The van der Waals surface area contributed by atoms with Crippen LogP contribution in [0.15, 0.2) is 41.7 Å². The molecule has 6 heteroatoms. The van der Waals surface area contributed by atoms with Crippen LogP contribution in [-0.2, 0) is 4.74 Å². The summed E-state index contributed by atoms with van der Waals surface area (Å²) in [5.74, 6) is -0.0656. The summed E-state index contributed by atoms with van der Waals surface area (Å²) in [5.41, 5.74) is 4.02. The third-order valence-corrected chi connectivity index (χ3v) is 5.53. The predicted octanol–water partition coefficient (Wildman–Crippen LogP) is 5.12. The predicted molar refractivity (Wildman–Crippen MR) is 127 cm³/mol. The first-order chi connectivity index (χ1) is 14.7. The molecular formula is C25H34N4O2. The van der Waals surface area contributed by atoms with Crippen molar-refractivity contribution in [2.45, 2.75) is 78.0 Å². The molecule has 0 aliphatic heterocycles. The zero-order valence-electron chi connectivity index (χ0n) is 19.3. The fraction of sp³-hybridized carbons (Fsp3) is 0.480. The van der Waals surface area contributed by atoms with Crippen LogP contribution >= 0.6 is 0 Å². The number of amides is 1. The Balaban J connectivity index is 1.74. The van der Waals surface area contributed by atoms with Crippen LogP contribution in [0.5, 0.6) is 0 Å². The Hall–Kier alpha value is -2.73. The minimum absolute atomic E-state index is 0.0656. The smallest absolute Gasteiger partial charge is 0.255 e. The van der Waals surface area contributed by atoms with Gasteiger partial charge in [-0.15, -0.1) is 0 Å². The van der Waals surface area contributed by atoms with E-state index in [0.29, 0.717) is 11.2 Å². The lowest BCUT2D eigenvalue weighted by Gasteiger charge is -2.33. The molecule has 1 fully saturated rings. The molecule has 0 bridgehead atoms. The lowest BCUT2D eigenvalue weighted by molar-refractivity contribution is -0.0757. The van der Waals surface area contributed by atoms with Crippen LogP contribution in [0.25, 0.3) is 11.2 Å². The van der Waals surface area contributed by atoms with E-state index in [2.05, 4.69) is 37.8 Å². The molecule has 2 aromatic heterocycles. The zero-order chi connectivity index (χ0) is 22.6. The van der Waals surface area contributed by atoms with Crippen molar-refractivity contribution < 1.29 is 9.53 Å². The number of nitrogens with one attached hydrogen (secondary N) is 1. The number of hydrogen-bond donors (Lipinski definition) is 1. The van der Waals surface area contributed by atoms with Crippen molar-refractivity contribution in [3.05, 3.63) is 53.6 Å². The minimum atomic E-state index is -0.127. The first kappa shape index (κ1) is 22.9. The first-order valence-electron chi connectivity index (χ1n) is 10.9. The molecule has 0 unspecified atom stereocenters. The van der Waals surface area contributed by atoms with Crippen LogP contribution in [0.1, 0.15) is 75.1 Å². The molecule has 1 aliphatic carbocycles. The molecule has 3 rings (SSSR count). The summed E-state index contributed by atoms with van der Waals surface area (Å²) in [4.78, 5) is 21.6. The standard InChI is InChI=1S/C25H34N4O2/c1-17(8-7-14-26-6)22-16-18(2)29-15-13-21(23(29)28-22)24(30)27-19-9-11-20(12-10-19)31-25(3,4)5/h7-8,13-16,19-20H,6,9-12H2,1-5H3,(H,27,30)/b14-7-,17-8+. The molecule has 1 saturated carbocycles. The van der Waals surface area contributed by atoms with Gasteiger partial charge in [0.15, 0.2) is 0 Å². The Labute approximate surface area is 185 Å². The van der Waals surface area contributed by atoms with Crippen LogP contribution in [0.4, 0.5) is 0 Å². The van der Waals surface area contributed by atoms with Crippen LogP contribution < -0.4 is 5.32 Å². The van der Waals surface area contributed by atoms with Crippen LogP contribution in [0.2, 0.25) is 0 Å². The summed E-state index contributed by atoms with van der Waals surface area (Å²) in [6.07, 6.45) is 11.4. The molecule has 31 heavy (non-hydrogen) atoms. The van der Waals surface area contributed by atoms with E-state index in [1.807, 2.05) is 48.7 Å². The van der Waals surface area contributed by atoms with Gasteiger partial charge >= 0.3 is 0 Å². The maximum Gasteiger partial charge on any atom is 0.255 e. The summed E-state index contributed by atoms with van der Waals surface area (Å²) < 4.78 is 8.06. The number of aliphatic imine (C=N–C) groups is 1. The number of rotatable bonds is 6. The quantitative estimate of drug-likeness (QED) is 0.519. The van der Waals surface area contributed by atoms with E-state index < -0.39 is 0 Å². The molecule has 2 aromatic rings. The van der Waals surface area contributed by atoms with Gasteiger partial charge < -0.3 is 14.5 Å². The third-order valence-electron chi connectivity index (χ3n) is 5.53. The highest BCUT2D eigenvalue weighted by Gasteiger charge is 2.27. The van der Waals surface area contributed by atoms with Crippen molar-refractivity contribution in [1.29, 1.82) is 0 Å². The number of hydrogen-bond acceptors (Lipinski definition) is 4. The molecule has 0 radical (unpaired) electrons. The number of aryl methyl sites for hydroxylation is 1. The largest absolute Gasteiger partial charge is 0.373 e. The number of carbonyl (C=O) groups excluding carboxylic acids is 1. The van der Waals surface area contributed by atoms with Crippen molar-refractivity contribution in [1.82, 2.24) is 14.7 Å². The molecule has 0 atom stereocenters. The second kappa shape index (κ2) is 9.60. The minimum Gasteiger partial charge on any atom is -0.373 e. The van der Waals surface area contributed by atoms with Crippen molar-refractivity contribution in [3.63, 3.8) is 0 Å². The maximum absolute atomic E-state index is 13.1. The highest BCUT2D eigenvalue weighted by Crippen LogP contribution is 2.26. The second-order valence-corrected chi connectivity index (χ2v) is 9.26. The molecule has 6 nitrogen and oxygen atoms in total. The van der Waals surface area contributed by atoms with Crippen LogP contribution in [0.3, 0.4) is 0 Å². The van der Waals surface area contributed by atoms with Gasteiger partial charge in [-0.25, -0.2) is 4.98 Å². The SMILES string of the molecule is C=N/C=C\C=C(/C)c1cc(C)n2ccc(C(=O)NC3CCC(OC(C)(C)C)CC3)c2n1. The van der Waals surface area contributed by atoms with E-state index in [1.54, 1.807) is 6.20 Å². The summed E-state index contributed by atoms with van der Waals surface area (Å²) in [5, 5.41) is 3.21. The lowest BCUT2D eigenvalue weighted by Crippen LogP contribution is -2.40. The Kier molecular flexibility index (Phi) is 7.11. The van der Waals surface area contributed by atoms with Gasteiger partial charge in [-0.1, -0.05) is 6.08 Å². The monoisotopic (exact) mass is 422 g/mol. The fourth-order valence-electron chi connectivity index (χ4n) is 4.04. The van der Waals surface area contributed by atoms with E-state index >= 15 is 0 Å². The summed E-state index contributed by atoms with van der Waals surface area (Å²) in [7, 11) is 0. The van der Waals surface area contributed by atoms with E-state index in [9.17, 15) is 4.79 Å². The molecule has 1 amide bonds. The number of nitrogens with zero attached hydrogens (tertiary/aromatic N) is 3. The van der Waals surface area contributed by atoms with Crippen LogP contribution in [-0.4, -0.2) is 39.8 Å². The average Bonchev–Trinajstić information content (AvgIpc) is 3.13. The number of carbonyl (C=O) groups is 1. The van der Waals surface area contributed by atoms with Crippen molar-refractivity contribution >= 4 is 23.8 Å². The van der Waals surface area contributed by atoms with E-state index in [0.717, 1.165) is 42.6 Å². The molecule has 0 spiro atoms. The number of fused-ring (bicyclic) bond motifs is 1. The summed E-state index contributed by atoms with van der Waals surface area (Å²) in [6.45, 7) is 13.7.